The maximum Gasteiger partial charge on any atom is 0.258 e. The van der Waals surface area contributed by atoms with E-state index in [0.717, 1.165) is 35.4 Å². The van der Waals surface area contributed by atoms with Crippen molar-refractivity contribution in [1.29, 1.82) is 0 Å². The lowest BCUT2D eigenvalue weighted by atomic mass is 10.0. The van der Waals surface area contributed by atoms with Gasteiger partial charge in [0.1, 0.15) is 11.6 Å². The fraction of sp³-hybridized carbons (Fsp3) is 0.364. The molecule has 5 nitrogen and oxygen atoms in total. The number of amides is 1. The maximum atomic E-state index is 12.5. The van der Waals surface area contributed by atoms with Crippen LogP contribution in [0.5, 0.6) is 5.75 Å². The van der Waals surface area contributed by atoms with E-state index in [1.807, 2.05) is 30.3 Å². The van der Waals surface area contributed by atoms with Crippen molar-refractivity contribution in [1.82, 2.24) is 15.3 Å². The lowest BCUT2D eigenvalue weighted by molar-refractivity contribution is -0.124. The van der Waals surface area contributed by atoms with E-state index in [1.54, 1.807) is 0 Å². The van der Waals surface area contributed by atoms with Crippen LogP contribution in [0.15, 0.2) is 42.5 Å². The fourth-order valence-corrected chi connectivity index (χ4v) is 3.67. The zero-order valence-corrected chi connectivity index (χ0v) is 15.8. The number of para-hydroxylation sites is 2. The van der Waals surface area contributed by atoms with Crippen molar-refractivity contribution in [3.63, 3.8) is 0 Å². The number of H-pyrrole nitrogens is 1. The van der Waals surface area contributed by atoms with E-state index < -0.39 is 0 Å². The number of aromatic amines is 1. The van der Waals surface area contributed by atoms with E-state index >= 15 is 0 Å². The molecule has 3 aromatic rings. The Hall–Kier alpha value is -2.82. The number of carbonyl (C=O) groups excluding carboxylic acids is 1. The normalized spacial score (nSPS) is 14.3. The predicted molar refractivity (Wildman–Crippen MR) is 106 cm³/mol. The largest absolute Gasteiger partial charge is 0.484 e. The first-order valence-electron chi connectivity index (χ1n) is 9.59. The average Bonchev–Trinajstić information content (AvgIpc) is 3.29. The Kier molecular flexibility index (Phi) is 4.84. The van der Waals surface area contributed by atoms with E-state index in [1.165, 1.54) is 17.5 Å². The van der Waals surface area contributed by atoms with Gasteiger partial charge in [0.2, 0.25) is 0 Å². The first-order valence-corrected chi connectivity index (χ1v) is 9.59. The number of nitrogens with zero attached hydrogens (tertiary/aromatic N) is 1. The third-order valence-electron chi connectivity index (χ3n) is 5.13. The van der Waals surface area contributed by atoms with Crippen LogP contribution in [-0.2, 0) is 17.6 Å². The van der Waals surface area contributed by atoms with Crippen molar-refractivity contribution in [2.75, 3.05) is 6.61 Å². The smallest absolute Gasteiger partial charge is 0.258 e. The maximum absolute atomic E-state index is 12.5. The first-order chi connectivity index (χ1) is 13.1. The van der Waals surface area contributed by atoms with Gasteiger partial charge in [-0.15, -0.1) is 0 Å². The minimum atomic E-state index is -0.187. The van der Waals surface area contributed by atoms with E-state index in [4.69, 9.17) is 4.74 Å². The molecule has 1 aliphatic rings. The summed E-state index contributed by atoms with van der Waals surface area (Å²) >= 11 is 0. The van der Waals surface area contributed by atoms with Gasteiger partial charge in [-0.2, -0.15) is 0 Å². The zero-order chi connectivity index (χ0) is 18.8. The number of aromatic nitrogens is 2. The Balaban J connectivity index is 1.41. The lowest BCUT2D eigenvalue weighted by Gasteiger charge is -2.20. The molecule has 0 spiro atoms. The average molecular weight is 363 g/mol. The highest BCUT2D eigenvalue weighted by Crippen LogP contribution is 2.26. The van der Waals surface area contributed by atoms with Gasteiger partial charge in [-0.25, -0.2) is 4.98 Å². The van der Waals surface area contributed by atoms with Crippen LogP contribution in [0, 0.1) is 5.92 Å². The minimum Gasteiger partial charge on any atom is -0.484 e. The molecule has 1 amide bonds. The molecule has 0 saturated carbocycles. The fourth-order valence-electron chi connectivity index (χ4n) is 3.67. The molecule has 0 bridgehead atoms. The lowest BCUT2D eigenvalue weighted by Crippen LogP contribution is -2.35. The molecule has 0 fully saturated rings. The summed E-state index contributed by atoms with van der Waals surface area (Å²) in [5.74, 6) is 1.59. The van der Waals surface area contributed by atoms with Gasteiger partial charge in [-0.05, 0) is 60.6 Å². The second kappa shape index (κ2) is 7.43. The molecule has 140 valence electrons. The number of imidazole rings is 1. The number of carbonyl (C=O) groups is 1. The van der Waals surface area contributed by atoms with E-state index in [9.17, 15) is 4.79 Å². The number of hydrogen-bond donors (Lipinski definition) is 2. The van der Waals surface area contributed by atoms with Crippen molar-refractivity contribution < 1.29 is 9.53 Å². The molecule has 1 aliphatic carbocycles. The Bertz CT molecular complexity index is 928. The summed E-state index contributed by atoms with van der Waals surface area (Å²) in [5.41, 5.74) is 4.62. The molecule has 0 radical (unpaired) electrons. The molecule has 0 saturated heterocycles. The van der Waals surface area contributed by atoms with Crippen LogP contribution in [-0.4, -0.2) is 22.5 Å². The van der Waals surface area contributed by atoms with Crippen LogP contribution >= 0.6 is 0 Å². The minimum absolute atomic E-state index is 0.00222. The van der Waals surface area contributed by atoms with Crippen LogP contribution in [0.25, 0.3) is 11.0 Å². The van der Waals surface area contributed by atoms with Crippen LogP contribution in [0.3, 0.4) is 0 Å². The number of nitrogens with one attached hydrogen (secondary N) is 2. The highest BCUT2D eigenvalue weighted by Gasteiger charge is 2.22. The predicted octanol–water partition coefficient (Wildman–Crippen LogP) is 3.94. The molecule has 27 heavy (non-hydrogen) atoms. The number of aryl methyl sites for hydroxylation is 2. The van der Waals surface area contributed by atoms with Crippen LogP contribution < -0.4 is 10.1 Å². The van der Waals surface area contributed by atoms with Crippen LogP contribution in [0.4, 0.5) is 0 Å². The molecule has 0 aliphatic heterocycles. The number of ether oxygens (including phenoxy) is 1. The highest BCUT2D eigenvalue weighted by atomic mass is 16.5. The Morgan fingerprint density at radius 2 is 2.00 bits per heavy atom. The second-order valence-electron chi connectivity index (χ2n) is 7.50. The summed E-state index contributed by atoms with van der Waals surface area (Å²) in [6.45, 7) is 4.14. The summed E-state index contributed by atoms with van der Waals surface area (Å²) in [5, 5.41) is 3.06. The van der Waals surface area contributed by atoms with Crippen molar-refractivity contribution in [3.05, 3.63) is 59.4 Å². The topological polar surface area (TPSA) is 67.0 Å². The van der Waals surface area contributed by atoms with Gasteiger partial charge in [0, 0.05) is 0 Å². The molecular weight excluding hydrogens is 338 g/mol. The molecule has 4 rings (SSSR count). The summed E-state index contributed by atoms with van der Waals surface area (Å²) in [6, 6.07) is 13.8. The summed E-state index contributed by atoms with van der Waals surface area (Å²) in [7, 11) is 0. The SMILES string of the molecule is CC(C)[C@H](NC(=O)COc1ccc2c(c1)CCC2)c1nc2ccccc2[nH]1. The zero-order valence-electron chi connectivity index (χ0n) is 15.8. The van der Waals surface area contributed by atoms with Gasteiger partial charge in [-0.1, -0.05) is 32.0 Å². The number of benzene rings is 2. The van der Waals surface area contributed by atoms with Crippen molar-refractivity contribution in [2.45, 2.75) is 39.2 Å². The summed E-state index contributed by atoms with van der Waals surface area (Å²) in [6.07, 6.45) is 3.44. The Labute approximate surface area is 159 Å². The van der Waals surface area contributed by atoms with E-state index in [2.05, 4.69) is 41.3 Å². The van der Waals surface area contributed by atoms with Crippen molar-refractivity contribution in [3.8, 4) is 5.75 Å². The molecule has 2 N–H and O–H groups in total. The van der Waals surface area contributed by atoms with Crippen LogP contribution in [0.2, 0.25) is 0 Å². The molecule has 2 aromatic carbocycles. The third kappa shape index (κ3) is 3.82. The third-order valence-corrected chi connectivity index (χ3v) is 5.13. The second-order valence-corrected chi connectivity index (χ2v) is 7.50. The van der Waals surface area contributed by atoms with Gasteiger partial charge < -0.3 is 15.0 Å². The quantitative estimate of drug-likeness (QED) is 0.697. The van der Waals surface area contributed by atoms with Gasteiger partial charge >= 0.3 is 0 Å². The monoisotopic (exact) mass is 363 g/mol. The summed E-state index contributed by atoms with van der Waals surface area (Å²) in [4.78, 5) is 20.4. The number of hydrogen-bond acceptors (Lipinski definition) is 3. The molecule has 0 unspecified atom stereocenters. The standard InChI is InChI=1S/C22H25N3O2/c1-14(2)21(22-23-18-8-3-4-9-19(18)24-22)25-20(26)13-27-17-11-10-15-6-5-7-16(15)12-17/h3-4,8-12,14,21H,5-7,13H2,1-2H3,(H,23,24)(H,25,26)/t21-/m0/s1. The molecule has 1 heterocycles. The first kappa shape index (κ1) is 17.6. The summed E-state index contributed by atoms with van der Waals surface area (Å²) < 4.78 is 5.73. The van der Waals surface area contributed by atoms with Crippen LogP contribution in [0.1, 0.15) is 43.3 Å². The van der Waals surface area contributed by atoms with Crippen molar-refractivity contribution in [2.24, 2.45) is 5.92 Å². The molecule has 5 heteroatoms. The Morgan fingerprint density at radius 3 is 2.81 bits per heavy atom. The molecule has 1 atom stereocenters. The van der Waals surface area contributed by atoms with Gasteiger partial charge in [0.15, 0.2) is 6.61 Å². The number of rotatable bonds is 6. The van der Waals surface area contributed by atoms with Gasteiger partial charge in [0.25, 0.3) is 5.91 Å². The van der Waals surface area contributed by atoms with E-state index in [0.29, 0.717) is 0 Å². The van der Waals surface area contributed by atoms with E-state index in [-0.39, 0.29) is 24.5 Å². The van der Waals surface area contributed by atoms with Crippen molar-refractivity contribution >= 4 is 16.9 Å². The molecular formula is C22H25N3O2. The highest BCUT2D eigenvalue weighted by molar-refractivity contribution is 5.78. The number of fused-ring (bicyclic) bond motifs is 2. The van der Waals surface area contributed by atoms with Gasteiger partial charge in [0.05, 0.1) is 17.1 Å². The Morgan fingerprint density at radius 1 is 1.19 bits per heavy atom. The van der Waals surface area contributed by atoms with Gasteiger partial charge in [-0.3, -0.25) is 4.79 Å². The molecule has 1 aromatic heterocycles.